The number of nitrogens with two attached hydrogens (primary N) is 1. The first-order valence-electron chi connectivity index (χ1n) is 13.8. The predicted molar refractivity (Wildman–Crippen MR) is 152 cm³/mol. The van der Waals surface area contributed by atoms with Gasteiger partial charge in [-0.1, -0.05) is 61.7 Å². The first-order valence-corrected chi connectivity index (χ1v) is 13.8. The molecule has 2 saturated carbocycles. The number of amides is 1. The van der Waals surface area contributed by atoms with E-state index in [1.807, 2.05) is 0 Å². The highest BCUT2D eigenvalue weighted by Crippen LogP contribution is 2.37. The monoisotopic (exact) mass is 507 g/mol. The lowest BCUT2D eigenvalue weighted by atomic mass is 9.85. The van der Waals surface area contributed by atoms with Crippen LogP contribution in [0.5, 0.6) is 0 Å². The first-order chi connectivity index (χ1) is 17.1. The zero-order valence-electron chi connectivity index (χ0n) is 21.6. The van der Waals surface area contributed by atoms with Crippen LogP contribution >= 0.6 is 12.4 Å². The zero-order chi connectivity index (χ0) is 24.2. The van der Waals surface area contributed by atoms with E-state index in [1.54, 1.807) is 0 Å². The maximum absolute atomic E-state index is 13.4. The van der Waals surface area contributed by atoms with E-state index in [4.69, 9.17) is 5.73 Å². The van der Waals surface area contributed by atoms with Crippen molar-refractivity contribution in [3.05, 3.63) is 71.4 Å². The van der Waals surface area contributed by atoms with Crippen molar-refractivity contribution in [1.82, 2.24) is 9.88 Å². The van der Waals surface area contributed by atoms with Crippen LogP contribution in [0.4, 0.5) is 0 Å². The fourth-order valence-corrected chi connectivity index (χ4v) is 6.45. The SMILES string of the molecule is Cc1ccccc1C(CC(=O)NC1CCC(N)CC1)c1cn(CC2CCCCC2)c2ccccc12.Cl. The Morgan fingerprint density at radius 3 is 2.39 bits per heavy atom. The number of hydrogen-bond donors (Lipinski definition) is 2. The van der Waals surface area contributed by atoms with E-state index < -0.39 is 0 Å². The van der Waals surface area contributed by atoms with Gasteiger partial charge in [-0.15, -0.1) is 12.4 Å². The van der Waals surface area contributed by atoms with E-state index >= 15 is 0 Å². The van der Waals surface area contributed by atoms with E-state index in [1.165, 1.54) is 59.7 Å². The van der Waals surface area contributed by atoms with E-state index in [0.29, 0.717) is 6.42 Å². The standard InChI is InChI=1S/C31H41N3O.ClH/c1-22-9-5-6-12-26(22)28(19-31(35)33-25-17-15-24(32)16-18-25)29-21-34(20-23-10-3-2-4-11-23)30-14-8-7-13-27(29)30;/h5-9,12-14,21,23-25,28H,2-4,10-11,15-20,32H2,1H3,(H,33,35);1H. The number of rotatable bonds is 7. The Kier molecular flexibility index (Phi) is 9.14. The molecule has 1 atom stereocenters. The largest absolute Gasteiger partial charge is 0.353 e. The lowest BCUT2D eigenvalue weighted by molar-refractivity contribution is -0.122. The molecule has 0 saturated heterocycles. The molecule has 0 radical (unpaired) electrons. The number of nitrogens with zero attached hydrogens (tertiary/aromatic N) is 1. The maximum atomic E-state index is 13.4. The van der Waals surface area contributed by atoms with Gasteiger partial charge in [-0.05, 0) is 74.1 Å². The van der Waals surface area contributed by atoms with Gasteiger partial charge in [-0.3, -0.25) is 4.79 Å². The summed E-state index contributed by atoms with van der Waals surface area (Å²) in [6.07, 6.45) is 13.6. The third kappa shape index (κ3) is 6.15. The molecule has 1 unspecified atom stereocenters. The molecule has 1 aromatic heterocycles. The minimum absolute atomic E-state index is 0. The number of nitrogens with one attached hydrogen (secondary N) is 1. The van der Waals surface area contributed by atoms with E-state index in [0.717, 1.165) is 38.1 Å². The molecule has 5 heteroatoms. The van der Waals surface area contributed by atoms with Crippen molar-refractivity contribution in [2.75, 3.05) is 0 Å². The molecule has 5 rings (SSSR count). The molecule has 2 aromatic carbocycles. The van der Waals surface area contributed by atoms with Gasteiger partial charge in [0, 0.05) is 48.1 Å². The van der Waals surface area contributed by atoms with Gasteiger partial charge in [-0.25, -0.2) is 0 Å². The Bertz CT molecular complexity index is 1140. The van der Waals surface area contributed by atoms with Crippen molar-refractivity contribution in [3.8, 4) is 0 Å². The van der Waals surface area contributed by atoms with Gasteiger partial charge in [-0.2, -0.15) is 0 Å². The highest BCUT2D eigenvalue weighted by molar-refractivity contribution is 5.87. The van der Waals surface area contributed by atoms with E-state index in [9.17, 15) is 4.79 Å². The third-order valence-electron chi connectivity index (χ3n) is 8.46. The van der Waals surface area contributed by atoms with Gasteiger partial charge in [0.05, 0.1) is 0 Å². The highest BCUT2D eigenvalue weighted by atomic mass is 35.5. The Labute approximate surface area is 222 Å². The summed E-state index contributed by atoms with van der Waals surface area (Å²) in [5, 5.41) is 4.63. The quantitative estimate of drug-likeness (QED) is 0.367. The van der Waals surface area contributed by atoms with Crippen molar-refractivity contribution in [1.29, 1.82) is 0 Å². The van der Waals surface area contributed by atoms with Crippen LogP contribution in [0, 0.1) is 12.8 Å². The molecule has 2 fully saturated rings. The van der Waals surface area contributed by atoms with Crippen molar-refractivity contribution in [2.24, 2.45) is 11.7 Å². The van der Waals surface area contributed by atoms with Crippen LogP contribution in [0.3, 0.4) is 0 Å². The Morgan fingerprint density at radius 2 is 1.64 bits per heavy atom. The third-order valence-corrected chi connectivity index (χ3v) is 8.46. The first kappa shape index (κ1) is 26.8. The Hall–Kier alpha value is -2.30. The Balaban J connectivity index is 0.00000304. The molecule has 2 aliphatic carbocycles. The molecule has 3 aromatic rings. The predicted octanol–water partition coefficient (Wildman–Crippen LogP) is 6.86. The summed E-state index contributed by atoms with van der Waals surface area (Å²) in [6, 6.07) is 17.9. The van der Waals surface area contributed by atoms with Gasteiger partial charge in [0.1, 0.15) is 0 Å². The van der Waals surface area contributed by atoms with Gasteiger partial charge in [0.2, 0.25) is 5.91 Å². The van der Waals surface area contributed by atoms with Gasteiger partial charge < -0.3 is 15.6 Å². The molecule has 4 nitrogen and oxygen atoms in total. The molecular formula is C31H42ClN3O. The summed E-state index contributed by atoms with van der Waals surface area (Å²) in [4.78, 5) is 13.4. The average molecular weight is 508 g/mol. The minimum Gasteiger partial charge on any atom is -0.353 e. The average Bonchev–Trinajstić information content (AvgIpc) is 3.23. The van der Waals surface area contributed by atoms with Gasteiger partial charge >= 0.3 is 0 Å². The number of carbonyl (C=O) groups excluding carboxylic acids is 1. The molecule has 1 heterocycles. The molecule has 2 aliphatic rings. The molecule has 36 heavy (non-hydrogen) atoms. The number of aromatic nitrogens is 1. The second-order valence-corrected chi connectivity index (χ2v) is 11.1. The van der Waals surface area contributed by atoms with Crippen LogP contribution in [0.25, 0.3) is 10.9 Å². The normalized spacial score (nSPS) is 21.6. The molecule has 194 valence electrons. The number of fused-ring (bicyclic) bond motifs is 1. The van der Waals surface area contributed by atoms with E-state index in [-0.39, 0.29) is 36.3 Å². The maximum Gasteiger partial charge on any atom is 0.221 e. The highest BCUT2D eigenvalue weighted by Gasteiger charge is 2.27. The molecule has 3 N–H and O–H groups in total. The lowest BCUT2D eigenvalue weighted by Crippen LogP contribution is -2.40. The van der Waals surface area contributed by atoms with Crippen LogP contribution in [-0.2, 0) is 11.3 Å². The summed E-state index contributed by atoms with van der Waals surface area (Å²) in [5.41, 5.74) is 11.2. The minimum atomic E-state index is 0. The van der Waals surface area contributed by atoms with Crippen molar-refractivity contribution < 1.29 is 4.79 Å². The smallest absolute Gasteiger partial charge is 0.221 e. The number of benzene rings is 2. The summed E-state index contributed by atoms with van der Waals surface area (Å²) in [5.74, 6) is 0.952. The number of halogens is 1. The van der Waals surface area contributed by atoms with Crippen molar-refractivity contribution in [3.63, 3.8) is 0 Å². The van der Waals surface area contributed by atoms with Crippen LogP contribution in [-0.4, -0.2) is 22.6 Å². The van der Waals surface area contributed by atoms with Gasteiger partial charge in [0.15, 0.2) is 0 Å². The topological polar surface area (TPSA) is 60.1 Å². The zero-order valence-corrected chi connectivity index (χ0v) is 22.4. The molecular weight excluding hydrogens is 466 g/mol. The van der Waals surface area contributed by atoms with Crippen LogP contribution in [0.1, 0.15) is 86.8 Å². The summed E-state index contributed by atoms with van der Waals surface area (Å²) in [7, 11) is 0. The van der Waals surface area contributed by atoms with Crippen molar-refractivity contribution >= 4 is 29.2 Å². The van der Waals surface area contributed by atoms with E-state index in [2.05, 4.69) is 71.5 Å². The lowest BCUT2D eigenvalue weighted by Gasteiger charge is -2.28. The fourth-order valence-electron chi connectivity index (χ4n) is 6.45. The Morgan fingerprint density at radius 1 is 0.944 bits per heavy atom. The second kappa shape index (κ2) is 12.3. The molecule has 0 spiro atoms. The summed E-state index contributed by atoms with van der Waals surface area (Å²) in [6.45, 7) is 3.25. The van der Waals surface area contributed by atoms with Gasteiger partial charge in [0.25, 0.3) is 0 Å². The van der Waals surface area contributed by atoms with Crippen molar-refractivity contribution in [2.45, 2.75) is 95.7 Å². The summed E-state index contributed by atoms with van der Waals surface area (Å²) < 4.78 is 2.48. The summed E-state index contributed by atoms with van der Waals surface area (Å²) >= 11 is 0. The number of hydrogen-bond acceptors (Lipinski definition) is 2. The van der Waals surface area contributed by atoms with Crippen LogP contribution < -0.4 is 11.1 Å². The molecule has 1 amide bonds. The van der Waals surface area contributed by atoms with Crippen LogP contribution in [0.15, 0.2) is 54.7 Å². The second-order valence-electron chi connectivity index (χ2n) is 11.1. The molecule has 0 bridgehead atoms. The van der Waals surface area contributed by atoms with Crippen LogP contribution in [0.2, 0.25) is 0 Å². The number of aryl methyl sites for hydroxylation is 1. The fraction of sp³-hybridized carbons (Fsp3) is 0.516. The number of carbonyl (C=O) groups is 1. The molecule has 0 aliphatic heterocycles. The number of para-hydroxylation sites is 1.